The summed E-state index contributed by atoms with van der Waals surface area (Å²) in [6.07, 6.45) is 1.55. The van der Waals surface area contributed by atoms with Crippen molar-refractivity contribution in [1.29, 1.82) is 0 Å². The van der Waals surface area contributed by atoms with Crippen LogP contribution in [-0.2, 0) is 14.8 Å². The zero-order valence-electron chi connectivity index (χ0n) is 15.2. The molecule has 0 bridgehead atoms. The van der Waals surface area contributed by atoms with E-state index in [4.69, 9.17) is 4.74 Å². The number of rotatable bonds is 7. The highest BCUT2D eigenvalue weighted by Gasteiger charge is 2.35. The molecule has 27 heavy (non-hydrogen) atoms. The van der Waals surface area contributed by atoms with Crippen LogP contribution in [0.25, 0.3) is 0 Å². The van der Waals surface area contributed by atoms with Crippen LogP contribution in [-0.4, -0.2) is 38.7 Å². The molecule has 7 heteroatoms. The minimum atomic E-state index is -3.65. The van der Waals surface area contributed by atoms with E-state index < -0.39 is 10.0 Å². The monoisotopic (exact) mass is 405 g/mol. The Morgan fingerprint density at radius 3 is 2.30 bits per heavy atom. The van der Waals surface area contributed by atoms with Crippen LogP contribution >= 0.6 is 11.8 Å². The number of carbonyl (C=O) groups is 1. The van der Waals surface area contributed by atoms with Gasteiger partial charge >= 0.3 is 0 Å². The molecule has 0 amide bonds. The van der Waals surface area contributed by atoms with Crippen molar-refractivity contribution in [2.75, 3.05) is 19.8 Å². The Labute approximate surface area is 164 Å². The average molecular weight is 406 g/mol. The Morgan fingerprint density at radius 1 is 1.07 bits per heavy atom. The molecule has 1 aliphatic rings. The number of ether oxygens (including phenoxy) is 1. The maximum atomic E-state index is 12.7. The third-order valence-corrected chi connectivity index (χ3v) is 7.55. The molecule has 3 rings (SSSR count). The van der Waals surface area contributed by atoms with Gasteiger partial charge in [-0.05, 0) is 44.0 Å². The van der Waals surface area contributed by atoms with Crippen molar-refractivity contribution in [1.82, 2.24) is 4.72 Å². The third kappa shape index (κ3) is 5.19. The number of nitrogens with one attached hydrogen (secondary N) is 1. The maximum absolute atomic E-state index is 12.7. The molecule has 2 aromatic rings. The van der Waals surface area contributed by atoms with Gasteiger partial charge in [0.15, 0.2) is 5.78 Å². The average Bonchev–Trinajstić information content (AvgIpc) is 2.68. The van der Waals surface area contributed by atoms with Crippen molar-refractivity contribution < 1.29 is 17.9 Å². The Morgan fingerprint density at radius 2 is 1.70 bits per heavy atom. The van der Waals surface area contributed by atoms with Gasteiger partial charge in [0, 0.05) is 35.0 Å². The molecule has 2 aromatic carbocycles. The third-order valence-electron chi connectivity index (χ3n) is 4.64. The van der Waals surface area contributed by atoms with Crippen molar-refractivity contribution in [2.24, 2.45) is 0 Å². The lowest BCUT2D eigenvalue weighted by Gasteiger charge is -2.36. The summed E-state index contributed by atoms with van der Waals surface area (Å²) in [6, 6.07) is 16.0. The van der Waals surface area contributed by atoms with E-state index in [9.17, 15) is 13.2 Å². The smallest absolute Gasteiger partial charge is 0.240 e. The molecule has 0 spiro atoms. The number of sulfonamides is 1. The van der Waals surface area contributed by atoms with Crippen molar-refractivity contribution >= 4 is 27.6 Å². The fourth-order valence-electron chi connectivity index (χ4n) is 2.98. The zero-order chi connectivity index (χ0) is 19.3. The number of benzene rings is 2. The standard InChI is InChI=1S/C20H23NO4S2/c1-16(22)17-7-9-19(10-8-17)27(23,24)21-15-20(11-13-25-14-12-20)26-18-5-3-2-4-6-18/h2-10,21H,11-15H2,1H3. The molecule has 5 nitrogen and oxygen atoms in total. The van der Waals surface area contributed by atoms with Gasteiger partial charge in [-0.25, -0.2) is 13.1 Å². The van der Waals surface area contributed by atoms with Crippen LogP contribution in [0.5, 0.6) is 0 Å². The number of Topliss-reactive ketones (excluding diaryl/α,β-unsaturated/α-hetero) is 1. The largest absolute Gasteiger partial charge is 0.381 e. The summed E-state index contributed by atoms with van der Waals surface area (Å²) in [4.78, 5) is 12.7. The Bertz CT molecular complexity index is 874. The summed E-state index contributed by atoms with van der Waals surface area (Å²) in [5.41, 5.74) is 0.495. The maximum Gasteiger partial charge on any atom is 0.240 e. The molecule has 0 radical (unpaired) electrons. The van der Waals surface area contributed by atoms with Crippen LogP contribution in [0, 0.1) is 0 Å². The summed E-state index contributed by atoms with van der Waals surface area (Å²) < 4.78 is 33.4. The minimum absolute atomic E-state index is 0.0904. The molecule has 0 atom stereocenters. The SMILES string of the molecule is CC(=O)c1ccc(S(=O)(=O)NCC2(Sc3ccccc3)CCOCC2)cc1. The van der Waals surface area contributed by atoms with Gasteiger partial charge in [-0.15, -0.1) is 11.8 Å². The van der Waals surface area contributed by atoms with Gasteiger partial charge in [0.1, 0.15) is 0 Å². The molecule has 144 valence electrons. The van der Waals surface area contributed by atoms with Gasteiger partial charge in [-0.3, -0.25) is 4.79 Å². The van der Waals surface area contributed by atoms with E-state index in [2.05, 4.69) is 4.72 Å². The second-order valence-corrected chi connectivity index (χ2v) is 9.92. The van der Waals surface area contributed by atoms with Gasteiger partial charge in [-0.2, -0.15) is 0 Å². The molecule has 1 fully saturated rings. The predicted octanol–water partition coefficient (Wildman–Crippen LogP) is 3.51. The first-order valence-electron chi connectivity index (χ1n) is 8.83. The van der Waals surface area contributed by atoms with E-state index in [1.807, 2.05) is 30.3 Å². The van der Waals surface area contributed by atoms with Crippen LogP contribution in [0.3, 0.4) is 0 Å². The summed E-state index contributed by atoms with van der Waals surface area (Å²) in [6.45, 7) is 3.02. The quantitative estimate of drug-likeness (QED) is 0.714. The molecule has 1 aliphatic heterocycles. The fraction of sp³-hybridized carbons (Fsp3) is 0.350. The Kier molecular flexibility index (Phi) is 6.37. The normalized spacial score (nSPS) is 16.8. The fourth-order valence-corrected chi connectivity index (χ4v) is 5.50. The second kappa shape index (κ2) is 8.56. The number of hydrogen-bond donors (Lipinski definition) is 1. The van der Waals surface area contributed by atoms with Crippen molar-refractivity contribution in [3.05, 3.63) is 60.2 Å². The summed E-state index contributed by atoms with van der Waals surface area (Å²) in [7, 11) is -3.65. The molecule has 0 unspecified atom stereocenters. The molecule has 0 aromatic heterocycles. The Balaban J connectivity index is 1.75. The highest BCUT2D eigenvalue weighted by Crippen LogP contribution is 2.40. The molecule has 0 saturated carbocycles. The van der Waals surface area contributed by atoms with Crippen LogP contribution in [0.2, 0.25) is 0 Å². The van der Waals surface area contributed by atoms with E-state index in [0.717, 1.165) is 17.7 Å². The van der Waals surface area contributed by atoms with Gasteiger partial charge < -0.3 is 4.74 Å². The first-order valence-corrected chi connectivity index (χ1v) is 11.1. The summed E-state index contributed by atoms with van der Waals surface area (Å²) in [5.74, 6) is -0.0904. The molecule has 1 saturated heterocycles. The lowest BCUT2D eigenvalue weighted by atomic mass is 9.99. The van der Waals surface area contributed by atoms with Crippen LogP contribution in [0.4, 0.5) is 0 Å². The van der Waals surface area contributed by atoms with Crippen LogP contribution in [0.1, 0.15) is 30.1 Å². The van der Waals surface area contributed by atoms with Gasteiger partial charge in [0.2, 0.25) is 10.0 Å². The van der Waals surface area contributed by atoms with Crippen LogP contribution in [0.15, 0.2) is 64.4 Å². The highest BCUT2D eigenvalue weighted by atomic mass is 32.2. The van der Waals surface area contributed by atoms with E-state index >= 15 is 0 Å². The van der Waals surface area contributed by atoms with Gasteiger partial charge in [0.05, 0.1) is 4.90 Å². The predicted molar refractivity (Wildman–Crippen MR) is 107 cm³/mol. The second-order valence-electron chi connectivity index (χ2n) is 6.62. The number of hydrogen-bond acceptors (Lipinski definition) is 5. The van der Waals surface area contributed by atoms with Crippen LogP contribution < -0.4 is 4.72 Å². The Hall–Kier alpha value is -1.67. The topological polar surface area (TPSA) is 72.5 Å². The molecule has 1 heterocycles. The number of ketones is 1. The molecular formula is C20H23NO4S2. The van der Waals surface area contributed by atoms with Gasteiger partial charge in [0.25, 0.3) is 0 Å². The first-order chi connectivity index (χ1) is 12.9. The van der Waals surface area contributed by atoms with E-state index in [1.165, 1.54) is 19.1 Å². The molecule has 1 N–H and O–H groups in total. The van der Waals surface area contributed by atoms with Crippen molar-refractivity contribution in [3.63, 3.8) is 0 Å². The van der Waals surface area contributed by atoms with Crippen molar-refractivity contribution in [2.45, 2.75) is 34.3 Å². The summed E-state index contributed by atoms with van der Waals surface area (Å²) >= 11 is 1.70. The first kappa shape index (κ1) is 20.1. The summed E-state index contributed by atoms with van der Waals surface area (Å²) in [5, 5.41) is 0. The molecule has 0 aliphatic carbocycles. The lowest BCUT2D eigenvalue weighted by Crippen LogP contribution is -2.44. The highest BCUT2D eigenvalue weighted by molar-refractivity contribution is 8.00. The minimum Gasteiger partial charge on any atom is -0.381 e. The molecular weight excluding hydrogens is 382 g/mol. The zero-order valence-corrected chi connectivity index (χ0v) is 16.8. The van der Waals surface area contributed by atoms with E-state index in [1.54, 1.807) is 23.9 Å². The lowest BCUT2D eigenvalue weighted by molar-refractivity contribution is 0.0784. The number of thioether (sulfide) groups is 1. The van der Waals surface area contributed by atoms with Gasteiger partial charge in [-0.1, -0.05) is 30.3 Å². The van der Waals surface area contributed by atoms with E-state index in [-0.39, 0.29) is 15.4 Å². The van der Waals surface area contributed by atoms with E-state index in [0.29, 0.717) is 25.3 Å². The number of carbonyl (C=O) groups excluding carboxylic acids is 1. The van der Waals surface area contributed by atoms with Crippen molar-refractivity contribution in [3.8, 4) is 0 Å².